The Bertz CT molecular complexity index is 693. The van der Waals surface area contributed by atoms with Gasteiger partial charge in [0.05, 0.1) is 13.2 Å². The molecule has 2 atom stereocenters. The van der Waals surface area contributed by atoms with Gasteiger partial charge in [0.15, 0.2) is 11.5 Å². The SMILES string of the molecule is COc1ccccc1OCC1CC(C(=O)NCc2ccccc2)NN1. The average molecular weight is 341 g/mol. The fraction of sp³-hybridized carbons (Fsp3) is 0.316. The molecule has 0 aliphatic carbocycles. The normalized spacial score (nSPS) is 19.4. The second kappa shape index (κ2) is 8.50. The molecule has 1 amide bonds. The molecule has 25 heavy (non-hydrogen) atoms. The van der Waals surface area contributed by atoms with Gasteiger partial charge in [-0.15, -0.1) is 0 Å². The molecule has 0 bridgehead atoms. The molecule has 3 N–H and O–H groups in total. The molecular weight excluding hydrogens is 318 g/mol. The molecule has 0 radical (unpaired) electrons. The number of hydrogen-bond donors (Lipinski definition) is 3. The highest BCUT2D eigenvalue weighted by atomic mass is 16.5. The van der Waals surface area contributed by atoms with E-state index in [9.17, 15) is 4.79 Å². The van der Waals surface area contributed by atoms with Crippen molar-refractivity contribution in [1.82, 2.24) is 16.2 Å². The van der Waals surface area contributed by atoms with Crippen LogP contribution in [0, 0.1) is 0 Å². The van der Waals surface area contributed by atoms with Gasteiger partial charge in [-0.3, -0.25) is 10.2 Å². The Morgan fingerprint density at radius 1 is 1.08 bits per heavy atom. The van der Waals surface area contributed by atoms with Crippen LogP contribution in [0.15, 0.2) is 54.6 Å². The number of amides is 1. The predicted octanol–water partition coefficient (Wildman–Crippen LogP) is 1.63. The monoisotopic (exact) mass is 341 g/mol. The predicted molar refractivity (Wildman–Crippen MR) is 95.2 cm³/mol. The lowest BCUT2D eigenvalue weighted by Crippen LogP contribution is -2.43. The quantitative estimate of drug-likeness (QED) is 0.714. The van der Waals surface area contributed by atoms with E-state index in [1.165, 1.54) is 0 Å². The summed E-state index contributed by atoms with van der Waals surface area (Å²) in [5, 5.41) is 2.95. The Hall–Kier alpha value is -2.57. The average Bonchev–Trinajstić information content (AvgIpc) is 3.14. The number of hydrazine groups is 1. The van der Waals surface area contributed by atoms with Gasteiger partial charge < -0.3 is 14.8 Å². The molecule has 1 aliphatic rings. The highest BCUT2D eigenvalue weighted by Crippen LogP contribution is 2.26. The Labute approximate surface area is 147 Å². The number of carbonyl (C=O) groups is 1. The van der Waals surface area contributed by atoms with Crippen LogP contribution in [-0.2, 0) is 11.3 Å². The number of benzene rings is 2. The van der Waals surface area contributed by atoms with Gasteiger partial charge in [0.2, 0.25) is 5.91 Å². The number of ether oxygens (including phenoxy) is 2. The van der Waals surface area contributed by atoms with E-state index < -0.39 is 0 Å². The molecule has 2 unspecified atom stereocenters. The summed E-state index contributed by atoms with van der Waals surface area (Å²) in [6, 6.07) is 17.2. The van der Waals surface area contributed by atoms with E-state index in [4.69, 9.17) is 9.47 Å². The lowest BCUT2D eigenvalue weighted by atomic mass is 10.1. The van der Waals surface area contributed by atoms with Gasteiger partial charge in [0.1, 0.15) is 12.6 Å². The van der Waals surface area contributed by atoms with Gasteiger partial charge in [-0.2, -0.15) is 0 Å². The minimum atomic E-state index is -0.269. The third-order valence-electron chi connectivity index (χ3n) is 4.12. The third-order valence-corrected chi connectivity index (χ3v) is 4.12. The fourth-order valence-corrected chi connectivity index (χ4v) is 2.74. The summed E-state index contributed by atoms with van der Waals surface area (Å²) < 4.78 is 11.1. The summed E-state index contributed by atoms with van der Waals surface area (Å²) in [4.78, 5) is 12.3. The lowest BCUT2D eigenvalue weighted by molar-refractivity contribution is -0.123. The van der Waals surface area contributed by atoms with Gasteiger partial charge >= 0.3 is 0 Å². The summed E-state index contributed by atoms with van der Waals surface area (Å²) in [5.41, 5.74) is 7.23. The Kier molecular flexibility index (Phi) is 5.87. The minimum Gasteiger partial charge on any atom is -0.493 e. The van der Waals surface area contributed by atoms with Crippen molar-refractivity contribution in [3.8, 4) is 11.5 Å². The summed E-state index contributed by atoms with van der Waals surface area (Å²) in [5.74, 6) is 1.38. The Morgan fingerprint density at radius 2 is 1.80 bits per heavy atom. The van der Waals surface area contributed by atoms with Crippen molar-refractivity contribution in [3.05, 3.63) is 60.2 Å². The fourth-order valence-electron chi connectivity index (χ4n) is 2.74. The molecular formula is C19H23N3O3. The van der Waals surface area contributed by atoms with E-state index in [0.717, 1.165) is 5.56 Å². The molecule has 3 rings (SSSR count). The van der Waals surface area contributed by atoms with Crippen LogP contribution in [-0.4, -0.2) is 31.7 Å². The van der Waals surface area contributed by atoms with Crippen molar-refractivity contribution in [2.45, 2.75) is 25.0 Å². The maximum atomic E-state index is 12.3. The molecule has 0 aromatic heterocycles. The van der Waals surface area contributed by atoms with E-state index in [2.05, 4.69) is 16.2 Å². The second-order valence-corrected chi connectivity index (χ2v) is 5.94. The van der Waals surface area contributed by atoms with Crippen LogP contribution >= 0.6 is 0 Å². The maximum Gasteiger partial charge on any atom is 0.238 e. The zero-order chi connectivity index (χ0) is 17.5. The molecule has 0 spiro atoms. The van der Waals surface area contributed by atoms with Crippen LogP contribution in [0.1, 0.15) is 12.0 Å². The van der Waals surface area contributed by atoms with Crippen LogP contribution in [0.5, 0.6) is 11.5 Å². The largest absolute Gasteiger partial charge is 0.493 e. The van der Waals surface area contributed by atoms with E-state index >= 15 is 0 Å². The summed E-state index contributed by atoms with van der Waals surface area (Å²) in [6.45, 7) is 0.982. The van der Waals surface area contributed by atoms with Crippen molar-refractivity contribution >= 4 is 5.91 Å². The van der Waals surface area contributed by atoms with Crippen molar-refractivity contribution in [1.29, 1.82) is 0 Å². The van der Waals surface area contributed by atoms with Gasteiger partial charge in [0, 0.05) is 6.54 Å². The molecule has 6 nitrogen and oxygen atoms in total. The van der Waals surface area contributed by atoms with E-state index in [-0.39, 0.29) is 18.0 Å². The van der Waals surface area contributed by atoms with Gasteiger partial charge in [-0.25, -0.2) is 5.43 Å². The molecule has 0 saturated carbocycles. The number of para-hydroxylation sites is 2. The van der Waals surface area contributed by atoms with Crippen molar-refractivity contribution in [2.24, 2.45) is 0 Å². The molecule has 132 valence electrons. The first kappa shape index (κ1) is 17.3. The Balaban J connectivity index is 1.44. The molecule has 1 heterocycles. The van der Waals surface area contributed by atoms with Gasteiger partial charge in [-0.1, -0.05) is 42.5 Å². The van der Waals surface area contributed by atoms with Gasteiger partial charge in [-0.05, 0) is 24.1 Å². The zero-order valence-electron chi connectivity index (χ0n) is 14.2. The number of hydrogen-bond acceptors (Lipinski definition) is 5. The molecule has 1 saturated heterocycles. The van der Waals surface area contributed by atoms with Crippen LogP contribution in [0.4, 0.5) is 0 Å². The van der Waals surface area contributed by atoms with Crippen molar-refractivity contribution in [3.63, 3.8) is 0 Å². The van der Waals surface area contributed by atoms with Crippen LogP contribution in [0.2, 0.25) is 0 Å². The topological polar surface area (TPSA) is 71.6 Å². The summed E-state index contributed by atoms with van der Waals surface area (Å²) in [6.07, 6.45) is 0.662. The summed E-state index contributed by atoms with van der Waals surface area (Å²) in [7, 11) is 1.62. The molecule has 2 aromatic rings. The summed E-state index contributed by atoms with van der Waals surface area (Å²) >= 11 is 0. The van der Waals surface area contributed by atoms with E-state index in [1.54, 1.807) is 7.11 Å². The first-order valence-corrected chi connectivity index (χ1v) is 8.35. The molecule has 2 aromatic carbocycles. The Morgan fingerprint density at radius 3 is 2.56 bits per heavy atom. The zero-order valence-corrected chi connectivity index (χ0v) is 14.2. The first-order chi connectivity index (χ1) is 12.3. The standard InChI is InChI=1S/C19H23N3O3/c1-24-17-9-5-6-10-18(17)25-13-15-11-16(22-21-15)19(23)20-12-14-7-3-2-4-8-14/h2-10,15-16,21-22H,11-13H2,1H3,(H,20,23). The highest BCUT2D eigenvalue weighted by Gasteiger charge is 2.29. The number of methoxy groups -OCH3 is 1. The first-order valence-electron chi connectivity index (χ1n) is 8.35. The van der Waals surface area contributed by atoms with Crippen molar-refractivity contribution in [2.75, 3.05) is 13.7 Å². The highest BCUT2D eigenvalue weighted by molar-refractivity contribution is 5.82. The second-order valence-electron chi connectivity index (χ2n) is 5.94. The number of nitrogens with one attached hydrogen (secondary N) is 3. The molecule has 1 aliphatic heterocycles. The lowest BCUT2D eigenvalue weighted by Gasteiger charge is -2.14. The number of carbonyl (C=O) groups excluding carboxylic acids is 1. The maximum absolute atomic E-state index is 12.3. The van der Waals surface area contributed by atoms with Crippen molar-refractivity contribution < 1.29 is 14.3 Å². The smallest absolute Gasteiger partial charge is 0.238 e. The van der Waals surface area contributed by atoms with Crippen LogP contribution < -0.4 is 25.6 Å². The van der Waals surface area contributed by atoms with Crippen LogP contribution in [0.25, 0.3) is 0 Å². The van der Waals surface area contributed by atoms with E-state index in [1.807, 2.05) is 54.6 Å². The third kappa shape index (κ3) is 4.71. The molecule has 1 fully saturated rings. The number of rotatable bonds is 7. The van der Waals surface area contributed by atoms with Crippen LogP contribution in [0.3, 0.4) is 0 Å². The van der Waals surface area contributed by atoms with E-state index in [0.29, 0.717) is 31.1 Å². The minimum absolute atomic E-state index is 0.0175. The van der Waals surface area contributed by atoms with Gasteiger partial charge in [0.25, 0.3) is 0 Å². The molecule has 6 heteroatoms.